The monoisotopic (exact) mass is 863 g/mol. The second-order valence-corrected chi connectivity index (χ2v) is 18.0. The van der Waals surface area contributed by atoms with Gasteiger partial charge >= 0.3 is 0 Å². The lowest BCUT2D eigenvalue weighted by Crippen LogP contribution is -2.28. The van der Waals surface area contributed by atoms with E-state index in [0.717, 1.165) is 17.1 Å². The van der Waals surface area contributed by atoms with Crippen molar-refractivity contribution in [3.8, 4) is 44.5 Å². The second-order valence-electron chi connectivity index (χ2n) is 18.0. The molecule has 1 heteroatoms. The maximum absolute atomic E-state index is 2.47. The van der Waals surface area contributed by atoms with Crippen LogP contribution >= 0.6 is 0 Å². The van der Waals surface area contributed by atoms with E-state index in [9.17, 15) is 0 Å². The standard InChI is InChI=1S/C67H45N/c1-3-21-54(22-4-1)67(55-23-5-2-6-24-55)63-29-12-11-27-62(63)66-64(67)30-15-31-65(66)68(57-41-36-49(37-42-57)60-28-14-18-47-16-7-9-25-58(47)60)56-39-34-46(35-40-56)50-19-13-20-51(44-50)52-38-43-61-53(45-52)33-32-48-17-8-10-26-59(48)61/h1-45H. The van der Waals surface area contributed by atoms with E-state index in [1.54, 1.807) is 0 Å². The van der Waals surface area contributed by atoms with Gasteiger partial charge in [0.25, 0.3) is 0 Å². The first-order valence-electron chi connectivity index (χ1n) is 23.6. The van der Waals surface area contributed by atoms with Crippen LogP contribution in [0.15, 0.2) is 273 Å². The summed E-state index contributed by atoms with van der Waals surface area (Å²) in [4.78, 5) is 2.47. The number of benzene rings is 12. The lowest BCUT2D eigenvalue weighted by Gasteiger charge is -2.34. The summed E-state index contributed by atoms with van der Waals surface area (Å²) in [6.07, 6.45) is 0. The minimum absolute atomic E-state index is 0.512. The summed E-state index contributed by atoms with van der Waals surface area (Å²) in [5, 5.41) is 7.58. The number of hydrogen-bond donors (Lipinski definition) is 0. The van der Waals surface area contributed by atoms with Crippen molar-refractivity contribution in [3.63, 3.8) is 0 Å². The first-order chi connectivity index (χ1) is 33.7. The summed E-state index contributed by atoms with van der Waals surface area (Å²) >= 11 is 0. The Morgan fingerprint density at radius 3 is 1.49 bits per heavy atom. The molecule has 68 heavy (non-hydrogen) atoms. The topological polar surface area (TPSA) is 3.24 Å². The molecule has 13 rings (SSSR count). The van der Waals surface area contributed by atoms with Gasteiger partial charge in [-0.3, -0.25) is 0 Å². The fourth-order valence-electron chi connectivity index (χ4n) is 11.2. The maximum atomic E-state index is 2.47. The van der Waals surface area contributed by atoms with Crippen LogP contribution in [0.4, 0.5) is 17.1 Å². The Kier molecular flexibility index (Phi) is 9.47. The Hall–Kier alpha value is -8.78. The predicted molar refractivity (Wildman–Crippen MR) is 287 cm³/mol. The Morgan fingerprint density at radius 1 is 0.265 bits per heavy atom. The van der Waals surface area contributed by atoms with Crippen LogP contribution in [0.25, 0.3) is 76.8 Å². The molecular formula is C67H45N. The largest absolute Gasteiger partial charge is 0.310 e. The summed E-state index contributed by atoms with van der Waals surface area (Å²) in [5.41, 5.74) is 17.6. The van der Waals surface area contributed by atoms with E-state index in [-0.39, 0.29) is 0 Å². The minimum atomic E-state index is -0.512. The highest BCUT2D eigenvalue weighted by atomic mass is 15.1. The van der Waals surface area contributed by atoms with Crippen LogP contribution in [0, 0.1) is 0 Å². The third-order valence-corrected chi connectivity index (χ3v) is 14.3. The molecule has 12 aromatic carbocycles. The van der Waals surface area contributed by atoms with E-state index in [4.69, 9.17) is 0 Å². The summed E-state index contributed by atoms with van der Waals surface area (Å²) in [6, 6.07) is 101. The summed E-state index contributed by atoms with van der Waals surface area (Å²) in [7, 11) is 0. The Morgan fingerprint density at radius 2 is 0.750 bits per heavy atom. The van der Waals surface area contributed by atoms with Crippen molar-refractivity contribution in [2.75, 3.05) is 4.90 Å². The molecule has 1 aliphatic carbocycles. The van der Waals surface area contributed by atoms with Crippen LogP contribution in [-0.4, -0.2) is 0 Å². The normalized spacial score (nSPS) is 12.5. The predicted octanol–water partition coefficient (Wildman–Crippen LogP) is 18.0. The van der Waals surface area contributed by atoms with Gasteiger partial charge < -0.3 is 4.90 Å². The van der Waals surface area contributed by atoms with E-state index < -0.39 is 5.41 Å². The molecule has 0 saturated heterocycles. The van der Waals surface area contributed by atoms with Crippen molar-refractivity contribution in [2.24, 2.45) is 0 Å². The SMILES string of the molecule is c1ccc(C2(c3ccccc3)c3ccccc3-c3c(N(c4ccc(-c5cccc(-c6ccc7c(ccc8ccccc87)c6)c5)cc4)c4ccc(-c5cccc6ccccc56)cc4)cccc32)cc1. The van der Waals surface area contributed by atoms with Crippen molar-refractivity contribution in [3.05, 3.63) is 295 Å². The van der Waals surface area contributed by atoms with Gasteiger partial charge in [-0.2, -0.15) is 0 Å². The van der Waals surface area contributed by atoms with Crippen molar-refractivity contribution < 1.29 is 0 Å². The van der Waals surface area contributed by atoms with Crippen LogP contribution in [0.3, 0.4) is 0 Å². The number of rotatable bonds is 8. The van der Waals surface area contributed by atoms with E-state index in [1.165, 1.54) is 99.1 Å². The van der Waals surface area contributed by atoms with E-state index in [0.29, 0.717) is 0 Å². The molecule has 0 amide bonds. The van der Waals surface area contributed by atoms with Gasteiger partial charge in [-0.05, 0) is 136 Å². The highest BCUT2D eigenvalue weighted by Gasteiger charge is 2.47. The molecule has 1 nitrogen and oxygen atoms in total. The average molecular weight is 864 g/mol. The van der Waals surface area contributed by atoms with Crippen molar-refractivity contribution in [1.82, 2.24) is 0 Å². The highest BCUT2D eigenvalue weighted by molar-refractivity contribution is 6.08. The fourth-order valence-corrected chi connectivity index (χ4v) is 11.2. The Labute approximate surface area is 397 Å². The van der Waals surface area contributed by atoms with E-state index in [2.05, 4.69) is 278 Å². The molecule has 0 fully saturated rings. The summed E-state index contributed by atoms with van der Waals surface area (Å²) < 4.78 is 0. The molecule has 0 atom stereocenters. The van der Waals surface area contributed by atoms with Crippen molar-refractivity contribution in [2.45, 2.75) is 5.41 Å². The minimum Gasteiger partial charge on any atom is -0.310 e. The van der Waals surface area contributed by atoms with E-state index >= 15 is 0 Å². The first-order valence-corrected chi connectivity index (χ1v) is 23.6. The molecule has 1 aliphatic rings. The summed E-state index contributed by atoms with van der Waals surface area (Å²) in [5.74, 6) is 0. The molecule has 0 heterocycles. The molecule has 0 saturated carbocycles. The zero-order chi connectivity index (χ0) is 45.0. The van der Waals surface area contributed by atoms with Gasteiger partial charge in [-0.1, -0.05) is 231 Å². The number of nitrogens with zero attached hydrogens (tertiary/aromatic N) is 1. The molecule has 0 N–H and O–H groups in total. The summed E-state index contributed by atoms with van der Waals surface area (Å²) in [6.45, 7) is 0. The van der Waals surface area contributed by atoms with Gasteiger partial charge in [0, 0.05) is 16.9 Å². The number of hydrogen-bond acceptors (Lipinski definition) is 1. The lowest BCUT2D eigenvalue weighted by atomic mass is 9.68. The molecule has 0 bridgehead atoms. The molecular weight excluding hydrogens is 819 g/mol. The van der Waals surface area contributed by atoms with Gasteiger partial charge in [0.2, 0.25) is 0 Å². The molecule has 0 aliphatic heterocycles. The van der Waals surface area contributed by atoms with Crippen LogP contribution in [0.2, 0.25) is 0 Å². The maximum Gasteiger partial charge on any atom is 0.0714 e. The number of anilines is 3. The molecule has 0 spiro atoms. The van der Waals surface area contributed by atoms with Gasteiger partial charge in [0.15, 0.2) is 0 Å². The first kappa shape index (κ1) is 39.6. The van der Waals surface area contributed by atoms with Crippen molar-refractivity contribution >= 4 is 49.4 Å². The number of fused-ring (bicyclic) bond motifs is 7. The van der Waals surface area contributed by atoms with Crippen LogP contribution in [-0.2, 0) is 5.41 Å². The quantitative estimate of drug-likeness (QED) is 0.138. The van der Waals surface area contributed by atoms with E-state index in [1.807, 2.05) is 0 Å². The van der Waals surface area contributed by atoms with Gasteiger partial charge in [0.1, 0.15) is 0 Å². The van der Waals surface area contributed by atoms with Crippen LogP contribution < -0.4 is 4.90 Å². The zero-order valence-electron chi connectivity index (χ0n) is 37.4. The van der Waals surface area contributed by atoms with Crippen LogP contribution in [0.5, 0.6) is 0 Å². The average Bonchev–Trinajstić information content (AvgIpc) is 3.73. The van der Waals surface area contributed by atoms with Crippen molar-refractivity contribution in [1.29, 1.82) is 0 Å². The molecule has 0 aromatic heterocycles. The van der Waals surface area contributed by atoms with Crippen LogP contribution in [0.1, 0.15) is 22.3 Å². The lowest BCUT2D eigenvalue weighted by molar-refractivity contribution is 0.768. The third-order valence-electron chi connectivity index (χ3n) is 14.3. The van der Waals surface area contributed by atoms with Gasteiger partial charge in [-0.25, -0.2) is 0 Å². The Balaban J connectivity index is 0.957. The molecule has 0 radical (unpaired) electrons. The smallest absolute Gasteiger partial charge is 0.0714 e. The van der Waals surface area contributed by atoms with Gasteiger partial charge in [-0.15, -0.1) is 0 Å². The zero-order valence-corrected chi connectivity index (χ0v) is 37.4. The van der Waals surface area contributed by atoms with Gasteiger partial charge in [0.05, 0.1) is 11.1 Å². The Bertz CT molecular complexity index is 3790. The molecule has 12 aromatic rings. The second kappa shape index (κ2) is 16.3. The highest BCUT2D eigenvalue weighted by Crippen LogP contribution is 2.59. The third kappa shape index (κ3) is 6.39. The molecule has 0 unspecified atom stereocenters. The molecule has 318 valence electrons. The fraction of sp³-hybridized carbons (Fsp3) is 0.0149.